The Hall–Kier alpha value is -1.39. The minimum atomic E-state index is 0.270. The van der Waals surface area contributed by atoms with Gasteiger partial charge >= 0.3 is 0 Å². The fraction of sp³-hybridized carbons (Fsp3) is 0.650. The van der Waals surface area contributed by atoms with Crippen LogP contribution in [0.3, 0.4) is 0 Å². The number of carbonyl (C=O) groups excluding carboxylic acids is 1. The number of rotatable bonds is 3. The monoisotopic (exact) mass is 327 g/mol. The van der Waals surface area contributed by atoms with Gasteiger partial charge in [-0.15, -0.1) is 0 Å². The predicted octanol–water partition coefficient (Wildman–Crippen LogP) is 2.53. The second-order valence-corrected chi connectivity index (χ2v) is 7.53. The van der Waals surface area contributed by atoms with Crippen molar-refractivity contribution >= 4 is 11.6 Å². The van der Waals surface area contributed by atoms with Gasteiger partial charge in [0.15, 0.2) is 0 Å². The molecule has 0 unspecified atom stereocenters. The maximum atomic E-state index is 12.7. The van der Waals surface area contributed by atoms with Crippen LogP contribution in [0.5, 0.6) is 0 Å². The van der Waals surface area contributed by atoms with Gasteiger partial charge in [0.1, 0.15) is 0 Å². The Balaban J connectivity index is 1.29. The lowest BCUT2D eigenvalue weighted by Crippen LogP contribution is -2.53. The maximum Gasteiger partial charge on any atom is 0.241 e. The Morgan fingerprint density at radius 1 is 0.958 bits per heavy atom. The van der Waals surface area contributed by atoms with Crippen molar-refractivity contribution in [3.63, 3.8) is 0 Å². The Morgan fingerprint density at radius 3 is 2.50 bits per heavy atom. The molecular weight excluding hydrogens is 298 g/mol. The van der Waals surface area contributed by atoms with E-state index in [0.717, 1.165) is 50.9 Å². The first-order valence-corrected chi connectivity index (χ1v) is 9.66. The molecule has 2 aliphatic heterocycles. The molecule has 0 aromatic heterocycles. The van der Waals surface area contributed by atoms with Crippen LogP contribution in [0.15, 0.2) is 24.3 Å². The minimum Gasteiger partial charge on any atom is -0.311 e. The van der Waals surface area contributed by atoms with Crippen molar-refractivity contribution in [1.82, 2.24) is 9.80 Å². The number of hydrogen-bond acceptors (Lipinski definition) is 3. The lowest BCUT2D eigenvalue weighted by Gasteiger charge is -2.40. The highest BCUT2D eigenvalue weighted by Gasteiger charge is 2.29. The van der Waals surface area contributed by atoms with E-state index in [0.29, 0.717) is 6.54 Å². The SMILES string of the molecule is O=C(CN1CCN(C2CCCCC2)CC1)N1CCc2ccccc21. The maximum absolute atomic E-state index is 12.7. The Morgan fingerprint density at radius 2 is 1.71 bits per heavy atom. The average molecular weight is 327 g/mol. The molecule has 1 saturated carbocycles. The van der Waals surface area contributed by atoms with Gasteiger partial charge in [-0.25, -0.2) is 0 Å². The molecule has 1 aromatic rings. The van der Waals surface area contributed by atoms with Crippen LogP contribution in [0.2, 0.25) is 0 Å². The number of anilines is 1. The summed E-state index contributed by atoms with van der Waals surface area (Å²) in [6.07, 6.45) is 7.97. The van der Waals surface area contributed by atoms with Gasteiger partial charge in [-0.05, 0) is 30.9 Å². The molecule has 1 aromatic carbocycles. The summed E-state index contributed by atoms with van der Waals surface area (Å²) in [6.45, 7) is 5.77. The lowest BCUT2D eigenvalue weighted by atomic mass is 9.94. The zero-order chi connectivity index (χ0) is 16.4. The Labute approximate surface area is 145 Å². The van der Waals surface area contributed by atoms with Crippen molar-refractivity contribution in [3.05, 3.63) is 29.8 Å². The van der Waals surface area contributed by atoms with Crippen molar-refractivity contribution in [2.75, 3.05) is 44.2 Å². The lowest BCUT2D eigenvalue weighted by molar-refractivity contribution is -0.120. The quantitative estimate of drug-likeness (QED) is 0.853. The molecule has 130 valence electrons. The van der Waals surface area contributed by atoms with Crippen LogP contribution in [0, 0.1) is 0 Å². The highest BCUT2D eigenvalue weighted by molar-refractivity contribution is 5.96. The van der Waals surface area contributed by atoms with Gasteiger partial charge in [-0.3, -0.25) is 14.6 Å². The predicted molar refractivity (Wildman–Crippen MR) is 97.4 cm³/mol. The molecule has 2 fully saturated rings. The molecule has 1 aliphatic carbocycles. The van der Waals surface area contributed by atoms with Gasteiger partial charge in [0, 0.05) is 44.5 Å². The summed E-state index contributed by atoms with van der Waals surface area (Å²) in [6, 6.07) is 9.14. The van der Waals surface area contributed by atoms with E-state index in [4.69, 9.17) is 0 Å². The smallest absolute Gasteiger partial charge is 0.241 e. The van der Waals surface area contributed by atoms with Crippen LogP contribution in [-0.4, -0.2) is 61.0 Å². The summed E-state index contributed by atoms with van der Waals surface area (Å²) < 4.78 is 0. The van der Waals surface area contributed by atoms with Crippen LogP contribution in [0.25, 0.3) is 0 Å². The number of benzene rings is 1. The fourth-order valence-electron chi connectivity index (χ4n) is 4.61. The average Bonchev–Trinajstić information content (AvgIpc) is 3.07. The number of hydrogen-bond donors (Lipinski definition) is 0. The van der Waals surface area contributed by atoms with E-state index in [1.807, 2.05) is 11.0 Å². The summed E-state index contributed by atoms with van der Waals surface area (Å²) in [7, 11) is 0. The third kappa shape index (κ3) is 3.35. The molecule has 0 spiro atoms. The molecule has 24 heavy (non-hydrogen) atoms. The zero-order valence-electron chi connectivity index (χ0n) is 14.6. The molecular formula is C20H29N3O. The molecule has 0 radical (unpaired) electrons. The van der Waals surface area contributed by atoms with E-state index in [1.54, 1.807) is 0 Å². The van der Waals surface area contributed by atoms with Crippen molar-refractivity contribution in [2.45, 2.75) is 44.6 Å². The van der Waals surface area contributed by atoms with Crippen molar-refractivity contribution in [2.24, 2.45) is 0 Å². The molecule has 3 aliphatic rings. The van der Waals surface area contributed by atoms with E-state index in [2.05, 4.69) is 28.0 Å². The van der Waals surface area contributed by atoms with Crippen LogP contribution >= 0.6 is 0 Å². The molecule has 4 nitrogen and oxygen atoms in total. The fourth-order valence-corrected chi connectivity index (χ4v) is 4.61. The van der Waals surface area contributed by atoms with Crippen molar-refractivity contribution in [3.8, 4) is 0 Å². The first-order chi connectivity index (χ1) is 11.8. The van der Waals surface area contributed by atoms with Crippen LogP contribution in [0.1, 0.15) is 37.7 Å². The summed E-state index contributed by atoms with van der Waals surface area (Å²) in [4.78, 5) is 19.7. The van der Waals surface area contributed by atoms with Gasteiger partial charge in [-0.2, -0.15) is 0 Å². The first-order valence-electron chi connectivity index (χ1n) is 9.66. The summed E-state index contributed by atoms with van der Waals surface area (Å²) in [5, 5.41) is 0. The molecule has 0 atom stereocenters. The van der Waals surface area contributed by atoms with E-state index in [-0.39, 0.29) is 5.91 Å². The highest BCUT2D eigenvalue weighted by atomic mass is 16.2. The van der Waals surface area contributed by atoms with E-state index < -0.39 is 0 Å². The summed E-state index contributed by atoms with van der Waals surface area (Å²) in [5.41, 5.74) is 2.44. The second kappa shape index (κ2) is 7.24. The first kappa shape index (κ1) is 16.1. The number of para-hydroxylation sites is 1. The van der Waals surface area contributed by atoms with Gasteiger partial charge in [0.05, 0.1) is 6.54 Å². The van der Waals surface area contributed by atoms with Crippen molar-refractivity contribution in [1.29, 1.82) is 0 Å². The molecule has 4 heteroatoms. The van der Waals surface area contributed by atoms with Gasteiger partial charge in [0.25, 0.3) is 0 Å². The molecule has 1 amide bonds. The number of nitrogens with zero attached hydrogens (tertiary/aromatic N) is 3. The summed E-state index contributed by atoms with van der Waals surface area (Å²) in [5.74, 6) is 0.270. The van der Waals surface area contributed by atoms with E-state index in [9.17, 15) is 4.79 Å². The number of carbonyl (C=O) groups is 1. The molecule has 0 N–H and O–H groups in total. The molecule has 0 bridgehead atoms. The Kier molecular flexibility index (Phi) is 4.86. The molecule has 4 rings (SSSR count). The topological polar surface area (TPSA) is 26.8 Å². The minimum absolute atomic E-state index is 0.270. The van der Waals surface area contributed by atoms with Gasteiger partial charge in [-0.1, -0.05) is 37.5 Å². The van der Waals surface area contributed by atoms with Crippen LogP contribution in [0.4, 0.5) is 5.69 Å². The van der Waals surface area contributed by atoms with E-state index >= 15 is 0 Å². The van der Waals surface area contributed by atoms with Gasteiger partial charge in [0.2, 0.25) is 5.91 Å². The zero-order valence-corrected chi connectivity index (χ0v) is 14.6. The highest BCUT2D eigenvalue weighted by Crippen LogP contribution is 2.28. The number of piperazine rings is 1. The summed E-state index contributed by atoms with van der Waals surface area (Å²) >= 11 is 0. The number of amides is 1. The molecule has 1 saturated heterocycles. The second-order valence-electron chi connectivity index (χ2n) is 7.53. The van der Waals surface area contributed by atoms with Crippen LogP contribution in [-0.2, 0) is 11.2 Å². The van der Waals surface area contributed by atoms with Crippen LogP contribution < -0.4 is 4.90 Å². The van der Waals surface area contributed by atoms with Crippen molar-refractivity contribution < 1.29 is 4.79 Å². The normalized spacial score (nSPS) is 23.4. The largest absolute Gasteiger partial charge is 0.311 e. The third-order valence-corrected chi connectivity index (χ3v) is 6.05. The molecule has 2 heterocycles. The number of fused-ring (bicyclic) bond motifs is 1. The van der Waals surface area contributed by atoms with E-state index in [1.165, 1.54) is 37.7 Å². The van der Waals surface area contributed by atoms with Gasteiger partial charge < -0.3 is 4.90 Å². The standard InChI is InChI=1S/C20H29N3O/c24-20(23-11-10-17-6-4-5-9-19(17)23)16-21-12-14-22(15-13-21)18-7-2-1-3-8-18/h4-6,9,18H,1-3,7-8,10-16H2. The third-order valence-electron chi connectivity index (χ3n) is 6.05. The Bertz CT molecular complexity index is 574.